The van der Waals surface area contributed by atoms with Gasteiger partial charge in [-0.15, -0.1) is 0 Å². The number of nitrogens with zero attached hydrogens (tertiary/aromatic N) is 2. The number of amides is 1. The van der Waals surface area contributed by atoms with Gasteiger partial charge in [0.2, 0.25) is 5.91 Å². The quantitative estimate of drug-likeness (QED) is 0.781. The molecule has 0 aromatic heterocycles. The molecule has 0 bridgehead atoms. The summed E-state index contributed by atoms with van der Waals surface area (Å²) in [6.45, 7) is 6.12. The summed E-state index contributed by atoms with van der Waals surface area (Å²) < 4.78 is 0. The molecule has 0 unspecified atom stereocenters. The van der Waals surface area contributed by atoms with Gasteiger partial charge in [-0.3, -0.25) is 9.59 Å². The first kappa shape index (κ1) is 18.2. The smallest absolute Gasteiger partial charge is 0.307 e. The molecule has 5 nitrogen and oxygen atoms in total. The van der Waals surface area contributed by atoms with Gasteiger partial charge in [-0.1, -0.05) is 33.1 Å². The van der Waals surface area contributed by atoms with Crippen molar-refractivity contribution in [1.29, 1.82) is 0 Å². The van der Waals surface area contributed by atoms with Gasteiger partial charge in [-0.25, -0.2) is 0 Å². The van der Waals surface area contributed by atoms with Gasteiger partial charge in [0.15, 0.2) is 0 Å². The Hall–Kier alpha value is -1.10. The van der Waals surface area contributed by atoms with Gasteiger partial charge in [-0.2, -0.15) is 0 Å². The lowest BCUT2D eigenvalue weighted by molar-refractivity contribution is -0.142. The number of hydrogen-bond acceptors (Lipinski definition) is 3. The second-order valence-electron chi connectivity index (χ2n) is 8.21. The summed E-state index contributed by atoms with van der Waals surface area (Å²) in [5, 5.41) is 9.35. The molecule has 2 aliphatic carbocycles. The Kier molecular flexibility index (Phi) is 5.71. The Balaban J connectivity index is 2.03. The molecule has 2 atom stereocenters. The molecule has 2 aliphatic rings. The van der Waals surface area contributed by atoms with Crippen molar-refractivity contribution >= 4 is 11.9 Å². The zero-order valence-electron chi connectivity index (χ0n) is 15.0. The topological polar surface area (TPSA) is 60.9 Å². The van der Waals surface area contributed by atoms with Gasteiger partial charge in [0.1, 0.15) is 0 Å². The van der Waals surface area contributed by atoms with E-state index in [1.54, 1.807) is 0 Å². The van der Waals surface area contributed by atoms with Crippen LogP contribution < -0.4 is 0 Å². The van der Waals surface area contributed by atoms with Crippen molar-refractivity contribution in [2.24, 2.45) is 23.2 Å². The highest BCUT2D eigenvalue weighted by Crippen LogP contribution is 2.59. The van der Waals surface area contributed by atoms with Crippen LogP contribution in [-0.4, -0.2) is 60.5 Å². The lowest BCUT2D eigenvalue weighted by Crippen LogP contribution is -2.41. The summed E-state index contributed by atoms with van der Waals surface area (Å²) >= 11 is 0. The summed E-state index contributed by atoms with van der Waals surface area (Å²) in [5.74, 6) is -1.08. The van der Waals surface area contributed by atoms with Gasteiger partial charge >= 0.3 is 5.97 Å². The molecule has 2 saturated carbocycles. The molecule has 5 heteroatoms. The average molecular weight is 324 g/mol. The SMILES string of the molecule is CN(C)CCN(CC1CCCCC1)C(=O)[C@@H]1[C@H](C(=O)O)C1(C)C. The maximum absolute atomic E-state index is 13.0. The largest absolute Gasteiger partial charge is 0.481 e. The number of aliphatic carboxylic acids is 1. The molecule has 0 aliphatic heterocycles. The third-order valence-electron chi connectivity index (χ3n) is 5.69. The number of carboxylic acids is 1. The standard InChI is InChI=1S/C18H32N2O3/c1-18(2)14(15(18)17(22)23)16(21)20(11-10-19(3)4)12-13-8-6-5-7-9-13/h13-15H,5-12H2,1-4H3,(H,22,23)/t14-,15+/m0/s1. The highest BCUT2D eigenvalue weighted by atomic mass is 16.4. The van der Waals surface area contributed by atoms with Crippen LogP contribution in [0.1, 0.15) is 46.0 Å². The van der Waals surface area contributed by atoms with Crippen LogP contribution in [0.15, 0.2) is 0 Å². The number of carboxylic acid groups (broad SMARTS) is 1. The molecule has 0 spiro atoms. The van der Waals surface area contributed by atoms with Crippen LogP contribution in [-0.2, 0) is 9.59 Å². The van der Waals surface area contributed by atoms with Gasteiger partial charge in [-0.05, 0) is 38.3 Å². The van der Waals surface area contributed by atoms with E-state index in [0.29, 0.717) is 12.5 Å². The Labute approximate surface area is 140 Å². The first-order valence-corrected chi connectivity index (χ1v) is 8.91. The highest BCUT2D eigenvalue weighted by molar-refractivity contribution is 5.91. The second-order valence-corrected chi connectivity index (χ2v) is 8.21. The number of carbonyl (C=O) groups excluding carboxylic acids is 1. The van der Waals surface area contributed by atoms with Gasteiger partial charge in [0, 0.05) is 19.6 Å². The lowest BCUT2D eigenvalue weighted by Gasteiger charge is -2.31. The van der Waals surface area contributed by atoms with Gasteiger partial charge in [0.25, 0.3) is 0 Å². The van der Waals surface area contributed by atoms with Crippen LogP contribution in [0.3, 0.4) is 0 Å². The third-order valence-corrected chi connectivity index (χ3v) is 5.69. The second kappa shape index (κ2) is 7.20. The molecule has 1 amide bonds. The predicted octanol–water partition coefficient (Wildman–Crippen LogP) is 2.31. The van der Waals surface area contributed by atoms with E-state index in [0.717, 1.165) is 13.1 Å². The molecule has 0 aromatic carbocycles. The Morgan fingerprint density at radius 2 is 1.65 bits per heavy atom. The number of rotatable bonds is 7. The molecule has 1 N–H and O–H groups in total. The first-order valence-electron chi connectivity index (χ1n) is 8.91. The van der Waals surface area contributed by atoms with Crippen LogP contribution in [0, 0.1) is 23.2 Å². The van der Waals surface area contributed by atoms with E-state index in [2.05, 4.69) is 4.90 Å². The molecule has 23 heavy (non-hydrogen) atoms. The van der Waals surface area contributed by atoms with Crippen molar-refractivity contribution in [3.8, 4) is 0 Å². The summed E-state index contributed by atoms with van der Waals surface area (Å²) in [5.41, 5.74) is -0.411. The van der Waals surface area contributed by atoms with E-state index in [1.165, 1.54) is 32.1 Å². The molecular formula is C18H32N2O3. The van der Waals surface area contributed by atoms with Crippen molar-refractivity contribution in [3.63, 3.8) is 0 Å². The molecule has 0 aromatic rings. The molecule has 0 saturated heterocycles. The monoisotopic (exact) mass is 324 g/mol. The van der Waals surface area contributed by atoms with Crippen molar-refractivity contribution in [3.05, 3.63) is 0 Å². The fourth-order valence-electron chi connectivity index (χ4n) is 4.05. The molecular weight excluding hydrogens is 292 g/mol. The third kappa shape index (κ3) is 4.25. The Bertz CT molecular complexity index is 442. The summed E-state index contributed by atoms with van der Waals surface area (Å²) in [6, 6.07) is 0. The molecule has 0 radical (unpaired) electrons. The van der Waals surface area contributed by atoms with Crippen LogP contribution in [0.25, 0.3) is 0 Å². The lowest BCUT2D eigenvalue weighted by atomic mass is 9.89. The first-order chi connectivity index (χ1) is 10.7. The minimum atomic E-state index is -0.835. The molecule has 2 rings (SSSR count). The minimum Gasteiger partial charge on any atom is -0.481 e. The van der Waals surface area contributed by atoms with Crippen LogP contribution in [0.5, 0.6) is 0 Å². The van der Waals surface area contributed by atoms with Crippen molar-refractivity contribution in [2.75, 3.05) is 33.7 Å². The number of carbonyl (C=O) groups is 2. The van der Waals surface area contributed by atoms with E-state index >= 15 is 0 Å². The fourth-order valence-corrected chi connectivity index (χ4v) is 4.05. The average Bonchev–Trinajstić information content (AvgIpc) is 3.06. The van der Waals surface area contributed by atoms with E-state index in [9.17, 15) is 14.7 Å². The Morgan fingerprint density at radius 3 is 2.13 bits per heavy atom. The van der Waals surface area contributed by atoms with Crippen molar-refractivity contribution in [2.45, 2.75) is 46.0 Å². The van der Waals surface area contributed by atoms with E-state index in [1.807, 2.05) is 32.8 Å². The number of likely N-dealkylation sites (N-methyl/N-ethyl adjacent to an activating group) is 1. The Morgan fingerprint density at radius 1 is 1.04 bits per heavy atom. The van der Waals surface area contributed by atoms with Crippen LogP contribution >= 0.6 is 0 Å². The molecule has 2 fully saturated rings. The zero-order valence-corrected chi connectivity index (χ0v) is 15.0. The van der Waals surface area contributed by atoms with Crippen molar-refractivity contribution in [1.82, 2.24) is 9.80 Å². The van der Waals surface area contributed by atoms with E-state index < -0.39 is 17.3 Å². The van der Waals surface area contributed by atoms with Crippen LogP contribution in [0.4, 0.5) is 0 Å². The van der Waals surface area contributed by atoms with E-state index in [-0.39, 0.29) is 11.8 Å². The highest BCUT2D eigenvalue weighted by Gasteiger charge is 2.66. The summed E-state index contributed by atoms with van der Waals surface area (Å²) in [4.78, 5) is 28.4. The zero-order chi connectivity index (χ0) is 17.2. The number of hydrogen-bond donors (Lipinski definition) is 1. The van der Waals surface area contributed by atoms with Crippen LogP contribution in [0.2, 0.25) is 0 Å². The maximum atomic E-state index is 13.0. The fraction of sp³-hybridized carbons (Fsp3) is 0.889. The normalized spacial score (nSPS) is 27.0. The van der Waals surface area contributed by atoms with Gasteiger partial charge < -0.3 is 14.9 Å². The van der Waals surface area contributed by atoms with E-state index in [4.69, 9.17) is 0 Å². The minimum absolute atomic E-state index is 0.0508. The van der Waals surface area contributed by atoms with Crippen molar-refractivity contribution < 1.29 is 14.7 Å². The summed E-state index contributed by atoms with van der Waals surface area (Å²) in [7, 11) is 4.01. The van der Waals surface area contributed by atoms with Gasteiger partial charge in [0.05, 0.1) is 11.8 Å². The molecule has 0 heterocycles. The predicted molar refractivity (Wildman–Crippen MR) is 90.1 cm³/mol. The summed E-state index contributed by atoms with van der Waals surface area (Å²) in [6.07, 6.45) is 6.21. The molecule has 132 valence electrons. The maximum Gasteiger partial charge on any atom is 0.307 e.